The van der Waals surface area contributed by atoms with Gasteiger partial charge in [0.25, 0.3) is 11.5 Å². The summed E-state index contributed by atoms with van der Waals surface area (Å²) in [5.41, 5.74) is -1.40. The molecule has 0 saturated carbocycles. The molecule has 1 amide bonds. The summed E-state index contributed by atoms with van der Waals surface area (Å²) in [6.07, 6.45) is -4.73. The Bertz CT molecular complexity index is 1130. The van der Waals surface area contributed by atoms with Gasteiger partial charge in [0.15, 0.2) is 0 Å². The van der Waals surface area contributed by atoms with E-state index >= 15 is 0 Å². The summed E-state index contributed by atoms with van der Waals surface area (Å²) in [5.74, 6) is -0.742. The number of halogens is 3. The molecule has 1 aliphatic heterocycles. The molecule has 1 aliphatic rings. The van der Waals surface area contributed by atoms with Gasteiger partial charge in [0, 0.05) is 26.2 Å². The van der Waals surface area contributed by atoms with Gasteiger partial charge < -0.3 is 9.88 Å². The van der Waals surface area contributed by atoms with Crippen LogP contribution in [-0.4, -0.2) is 54.7 Å². The maximum Gasteiger partial charge on any atom is 0.431 e. The lowest BCUT2D eigenvalue weighted by molar-refractivity contribution is -0.141. The quantitative estimate of drug-likeness (QED) is 0.787. The number of pyridine rings is 1. The summed E-state index contributed by atoms with van der Waals surface area (Å²) < 4.78 is 65.2. The lowest BCUT2D eigenvalue weighted by Crippen LogP contribution is -2.51. The normalized spacial score (nSPS) is 16.0. The maximum absolute atomic E-state index is 13.0. The average molecular weight is 443 g/mol. The summed E-state index contributed by atoms with van der Waals surface area (Å²) in [5, 5.41) is 0. The summed E-state index contributed by atoms with van der Waals surface area (Å²) >= 11 is 0. The fourth-order valence-corrected chi connectivity index (χ4v) is 4.97. The first-order valence-corrected chi connectivity index (χ1v) is 10.5. The van der Waals surface area contributed by atoms with Crippen LogP contribution in [0.25, 0.3) is 0 Å². The lowest BCUT2D eigenvalue weighted by Gasteiger charge is -2.34. The van der Waals surface area contributed by atoms with Crippen molar-refractivity contribution in [3.8, 4) is 0 Å². The second-order valence-corrected chi connectivity index (χ2v) is 8.98. The van der Waals surface area contributed by atoms with E-state index in [-0.39, 0.29) is 31.1 Å². The number of carbonyl (C=O) groups is 1. The molecule has 0 bridgehead atoms. The number of aryl methyl sites for hydroxylation is 2. The number of piperazine rings is 1. The molecule has 30 heavy (non-hydrogen) atoms. The molecule has 0 atom stereocenters. The van der Waals surface area contributed by atoms with Crippen molar-refractivity contribution in [1.29, 1.82) is 0 Å². The summed E-state index contributed by atoms with van der Waals surface area (Å²) in [4.78, 5) is 27.6. The van der Waals surface area contributed by atoms with E-state index in [0.29, 0.717) is 11.6 Å². The van der Waals surface area contributed by atoms with E-state index in [1.54, 1.807) is 31.0 Å². The molecular formula is C19H20F3N3O4S. The third-order valence-corrected chi connectivity index (χ3v) is 6.97. The van der Waals surface area contributed by atoms with Gasteiger partial charge in [-0.1, -0.05) is 12.1 Å². The van der Waals surface area contributed by atoms with Crippen LogP contribution in [-0.2, 0) is 16.2 Å². The van der Waals surface area contributed by atoms with E-state index in [2.05, 4.69) is 0 Å². The zero-order chi connectivity index (χ0) is 22.3. The molecule has 2 heterocycles. The lowest BCUT2D eigenvalue weighted by atomic mass is 10.2. The van der Waals surface area contributed by atoms with E-state index in [1.165, 1.54) is 9.21 Å². The molecule has 0 radical (unpaired) electrons. The Balaban J connectivity index is 1.75. The fourth-order valence-electron chi connectivity index (χ4n) is 3.23. The van der Waals surface area contributed by atoms with Gasteiger partial charge in [-0.3, -0.25) is 9.59 Å². The number of aromatic amines is 1. The molecule has 11 heteroatoms. The number of benzene rings is 1. The number of alkyl halides is 3. The smallest absolute Gasteiger partial charge is 0.336 e. The number of nitrogens with one attached hydrogen (secondary N) is 1. The molecule has 2 aromatic rings. The molecule has 1 aromatic carbocycles. The second-order valence-electron chi connectivity index (χ2n) is 7.08. The Morgan fingerprint density at radius 3 is 2.23 bits per heavy atom. The van der Waals surface area contributed by atoms with Gasteiger partial charge in [-0.2, -0.15) is 17.5 Å². The van der Waals surface area contributed by atoms with Gasteiger partial charge >= 0.3 is 6.18 Å². The van der Waals surface area contributed by atoms with Gasteiger partial charge in [0.1, 0.15) is 11.3 Å². The van der Waals surface area contributed by atoms with Crippen LogP contribution in [0.3, 0.4) is 0 Å². The molecule has 0 unspecified atom stereocenters. The third-order valence-electron chi connectivity index (χ3n) is 4.93. The number of carbonyl (C=O) groups excluding carboxylic acids is 1. The average Bonchev–Trinajstić information content (AvgIpc) is 2.68. The van der Waals surface area contributed by atoms with Gasteiger partial charge in [0.05, 0.1) is 4.90 Å². The van der Waals surface area contributed by atoms with Crippen molar-refractivity contribution < 1.29 is 26.4 Å². The summed E-state index contributed by atoms with van der Waals surface area (Å²) in [6, 6.07) is 6.59. The Hall–Kier alpha value is -2.66. The van der Waals surface area contributed by atoms with Gasteiger partial charge in [0.2, 0.25) is 10.0 Å². The van der Waals surface area contributed by atoms with Crippen LogP contribution < -0.4 is 5.56 Å². The minimum atomic E-state index is -4.73. The van der Waals surface area contributed by atoms with Crippen LogP contribution in [0.15, 0.2) is 40.0 Å². The molecule has 3 rings (SSSR count). The fraction of sp³-hybridized carbons (Fsp3) is 0.368. The van der Waals surface area contributed by atoms with Crippen molar-refractivity contribution in [3.63, 3.8) is 0 Å². The van der Waals surface area contributed by atoms with Crippen molar-refractivity contribution in [2.24, 2.45) is 0 Å². The highest BCUT2D eigenvalue weighted by Gasteiger charge is 2.34. The van der Waals surface area contributed by atoms with Crippen molar-refractivity contribution in [2.45, 2.75) is 24.9 Å². The summed E-state index contributed by atoms with van der Waals surface area (Å²) in [7, 11) is -3.76. The number of nitrogens with zero attached hydrogens (tertiary/aromatic N) is 2. The van der Waals surface area contributed by atoms with Gasteiger partial charge in [-0.25, -0.2) is 8.42 Å². The number of hydrogen-bond donors (Lipinski definition) is 1. The van der Waals surface area contributed by atoms with Crippen molar-refractivity contribution in [3.05, 3.63) is 63.1 Å². The van der Waals surface area contributed by atoms with Crippen LogP contribution in [0.4, 0.5) is 13.2 Å². The Labute approximate surface area is 171 Å². The molecule has 1 fully saturated rings. The van der Waals surface area contributed by atoms with Crippen LogP contribution in [0, 0.1) is 13.8 Å². The molecule has 1 aromatic heterocycles. The Morgan fingerprint density at radius 2 is 1.67 bits per heavy atom. The molecule has 7 nitrogen and oxygen atoms in total. The van der Waals surface area contributed by atoms with E-state index in [0.717, 1.165) is 11.6 Å². The number of rotatable bonds is 3. The Kier molecular flexibility index (Phi) is 5.79. The maximum atomic E-state index is 13.0. The van der Waals surface area contributed by atoms with Crippen molar-refractivity contribution in [2.75, 3.05) is 26.2 Å². The van der Waals surface area contributed by atoms with E-state index in [4.69, 9.17) is 0 Å². The number of sulfonamides is 1. The topological polar surface area (TPSA) is 90.6 Å². The number of hydrogen-bond acceptors (Lipinski definition) is 4. The van der Waals surface area contributed by atoms with Crippen LogP contribution in [0.2, 0.25) is 0 Å². The molecule has 1 N–H and O–H groups in total. The highest BCUT2D eigenvalue weighted by molar-refractivity contribution is 7.89. The van der Waals surface area contributed by atoms with Crippen LogP contribution >= 0.6 is 0 Å². The molecule has 1 saturated heterocycles. The predicted octanol–water partition coefficient (Wildman–Crippen LogP) is 2.16. The highest BCUT2D eigenvalue weighted by atomic mass is 32.2. The summed E-state index contributed by atoms with van der Waals surface area (Å²) in [6.45, 7) is 3.55. The standard InChI is InChI=1S/C19H20F3N3O4S/c1-12-3-4-13(2)15(11-12)30(28,29)25-9-7-24(8-10-25)18(27)14-5-6-16(19(20,21)22)23-17(14)26/h3-6,11H,7-10H2,1-2H3,(H,23,26). The third kappa shape index (κ3) is 4.26. The number of H-pyrrole nitrogens is 1. The monoisotopic (exact) mass is 443 g/mol. The molecule has 0 spiro atoms. The Morgan fingerprint density at radius 1 is 1.03 bits per heavy atom. The minimum absolute atomic E-state index is 0.0139. The van der Waals surface area contributed by atoms with Gasteiger partial charge in [-0.15, -0.1) is 0 Å². The zero-order valence-electron chi connectivity index (χ0n) is 16.3. The molecular weight excluding hydrogens is 423 g/mol. The van der Waals surface area contributed by atoms with Crippen molar-refractivity contribution >= 4 is 15.9 Å². The van der Waals surface area contributed by atoms with Crippen molar-refractivity contribution in [1.82, 2.24) is 14.2 Å². The minimum Gasteiger partial charge on any atom is -0.336 e. The van der Waals surface area contributed by atoms with Crippen LogP contribution in [0.1, 0.15) is 27.2 Å². The highest BCUT2D eigenvalue weighted by Crippen LogP contribution is 2.27. The van der Waals surface area contributed by atoms with E-state index in [1.807, 2.05) is 6.07 Å². The predicted molar refractivity (Wildman–Crippen MR) is 103 cm³/mol. The second kappa shape index (κ2) is 7.88. The molecule has 0 aliphatic carbocycles. The first-order chi connectivity index (χ1) is 13.9. The number of amides is 1. The first kappa shape index (κ1) is 22.0. The SMILES string of the molecule is Cc1ccc(C)c(S(=O)(=O)N2CCN(C(=O)c3ccc(C(F)(F)F)[nH]c3=O)CC2)c1. The largest absolute Gasteiger partial charge is 0.431 e. The van der Waals surface area contributed by atoms with E-state index in [9.17, 15) is 31.2 Å². The first-order valence-electron chi connectivity index (χ1n) is 9.08. The van der Waals surface area contributed by atoms with Gasteiger partial charge in [-0.05, 0) is 43.2 Å². The zero-order valence-corrected chi connectivity index (χ0v) is 17.1. The van der Waals surface area contributed by atoms with E-state index < -0.39 is 38.9 Å². The molecule has 162 valence electrons. The van der Waals surface area contributed by atoms with Crippen LogP contribution in [0.5, 0.6) is 0 Å². The number of aromatic nitrogens is 1.